The van der Waals surface area contributed by atoms with Crippen molar-refractivity contribution >= 4 is 23.8 Å². The maximum atomic E-state index is 12.8. The van der Waals surface area contributed by atoms with Crippen molar-refractivity contribution in [3.8, 4) is 11.1 Å². The van der Waals surface area contributed by atoms with E-state index in [-0.39, 0.29) is 42.9 Å². The molecule has 2 amide bonds. The van der Waals surface area contributed by atoms with E-state index in [0.717, 1.165) is 22.3 Å². The summed E-state index contributed by atoms with van der Waals surface area (Å²) < 4.78 is 5.55. The van der Waals surface area contributed by atoms with Gasteiger partial charge in [-0.3, -0.25) is 10.1 Å². The number of carbonyl (C=O) groups excluding carboxylic acids is 2. The number of aromatic nitrogens is 1. The van der Waals surface area contributed by atoms with Crippen LogP contribution >= 0.6 is 0 Å². The minimum atomic E-state index is -0.968. The number of carboxylic acids is 1. The number of pyridine rings is 1. The molecular weight excluding hydrogens is 446 g/mol. The van der Waals surface area contributed by atoms with Gasteiger partial charge in [0.1, 0.15) is 18.1 Å². The van der Waals surface area contributed by atoms with E-state index in [9.17, 15) is 14.4 Å². The molecule has 0 spiro atoms. The number of fused-ring (bicyclic) bond motifs is 3. The number of amides is 2. The lowest BCUT2D eigenvalue weighted by atomic mass is 9.98. The summed E-state index contributed by atoms with van der Waals surface area (Å²) >= 11 is 0. The molecule has 0 radical (unpaired) electrons. The van der Waals surface area contributed by atoms with Crippen LogP contribution in [0.3, 0.4) is 0 Å². The fourth-order valence-corrected chi connectivity index (χ4v) is 4.57. The van der Waals surface area contributed by atoms with Crippen LogP contribution in [0.1, 0.15) is 34.0 Å². The monoisotopic (exact) mass is 469 g/mol. The van der Waals surface area contributed by atoms with Crippen LogP contribution in [0.15, 0.2) is 78.4 Å². The number of rotatable bonds is 5. The Kier molecular flexibility index (Phi) is 6.01. The average molecular weight is 469 g/mol. The van der Waals surface area contributed by atoms with E-state index in [0.29, 0.717) is 12.1 Å². The number of hydrogen-bond acceptors (Lipinski definition) is 5. The summed E-state index contributed by atoms with van der Waals surface area (Å²) in [7, 11) is 0. The summed E-state index contributed by atoms with van der Waals surface area (Å²) in [6.45, 7) is 0.666. The first kappa shape index (κ1) is 22.3. The van der Waals surface area contributed by atoms with E-state index in [4.69, 9.17) is 9.84 Å². The van der Waals surface area contributed by atoms with Crippen molar-refractivity contribution in [1.29, 1.82) is 0 Å². The summed E-state index contributed by atoms with van der Waals surface area (Å²) in [4.78, 5) is 42.2. The highest BCUT2D eigenvalue weighted by molar-refractivity contribution is 5.94. The van der Waals surface area contributed by atoms with Crippen LogP contribution in [0, 0.1) is 0 Å². The van der Waals surface area contributed by atoms with Crippen molar-refractivity contribution < 1.29 is 24.2 Å². The predicted molar refractivity (Wildman–Crippen MR) is 129 cm³/mol. The summed E-state index contributed by atoms with van der Waals surface area (Å²) in [6, 6.07) is 21.0. The second-order valence-electron chi connectivity index (χ2n) is 8.39. The zero-order chi connectivity index (χ0) is 24.4. The Labute approximate surface area is 201 Å². The van der Waals surface area contributed by atoms with Crippen molar-refractivity contribution in [2.24, 2.45) is 0 Å². The van der Waals surface area contributed by atoms with Gasteiger partial charge in [-0.2, -0.15) is 0 Å². The van der Waals surface area contributed by atoms with Gasteiger partial charge in [-0.1, -0.05) is 60.7 Å². The van der Waals surface area contributed by atoms with Crippen LogP contribution in [0.2, 0.25) is 0 Å². The molecule has 0 saturated heterocycles. The molecule has 2 aliphatic rings. The molecule has 0 fully saturated rings. The number of hydrogen-bond donors (Lipinski definition) is 2. The van der Waals surface area contributed by atoms with Crippen LogP contribution in [0.4, 0.5) is 10.6 Å². The molecule has 1 aliphatic heterocycles. The molecule has 5 rings (SSSR count). The van der Waals surface area contributed by atoms with Crippen LogP contribution in [0.25, 0.3) is 11.1 Å². The van der Waals surface area contributed by atoms with Gasteiger partial charge in [-0.25, -0.2) is 14.6 Å². The third-order valence-electron chi connectivity index (χ3n) is 6.31. The zero-order valence-corrected chi connectivity index (χ0v) is 18.8. The Bertz CT molecular complexity index is 1300. The molecule has 0 bridgehead atoms. The van der Waals surface area contributed by atoms with Gasteiger partial charge in [0, 0.05) is 24.6 Å². The average Bonchev–Trinajstić information content (AvgIpc) is 3.21. The van der Waals surface area contributed by atoms with Crippen molar-refractivity contribution in [1.82, 2.24) is 9.88 Å². The molecule has 8 heteroatoms. The van der Waals surface area contributed by atoms with E-state index in [2.05, 4.69) is 22.4 Å². The van der Waals surface area contributed by atoms with Gasteiger partial charge in [0.15, 0.2) is 0 Å². The summed E-state index contributed by atoms with van der Waals surface area (Å²) in [5.74, 6) is -1.16. The fourth-order valence-electron chi connectivity index (χ4n) is 4.57. The van der Waals surface area contributed by atoms with Gasteiger partial charge < -0.3 is 14.7 Å². The summed E-state index contributed by atoms with van der Waals surface area (Å²) in [6.07, 6.45) is 1.15. The van der Waals surface area contributed by atoms with Crippen LogP contribution < -0.4 is 5.32 Å². The third kappa shape index (κ3) is 4.50. The van der Waals surface area contributed by atoms with Crippen LogP contribution in [-0.2, 0) is 9.53 Å². The minimum Gasteiger partial charge on any atom is -0.478 e. The molecule has 0 saturated carbocycles. The van der Waals surface area contributed by atoms with Gasteiger partial charge in [0.25, 0.3) is 5.91 Å². The Morgan fingerprint density at radius 2 is 1.66 bits per heavy atom. The number of anilines is 1. The predicted octanol–water partition coefficient (Wildman–Crippen LogP) is 4.30. The molecular formula is C27H23N3O5. The van der Waals surface area contributed by atoms with E-state index in [1.54, 1.807) is 18.2 Å². The van der Waals surface area contributed by atoms with E-state index >= 15 is 0 Å². The third-order valence-corrected chi connectivity index (χ3v) is 6.31. The maximum absolute atomic E-state index is 12.8. The Hall–Kier alpha value is -4.46. The number of nitrogens with one attached hydrogen (secondary N) is 1. The maximum Gasteiger partial charge on any atom is 0.412 e. The molecule has 1 aromatic heterocycles. The van der Waals surface area contributed by atoms with E-state index < -0.39 is 12.1 Å². The normalized spacial score (nSPS) is 14.5. The SMILES string of the molecule is O=C(Nc1cccc(C(=O)N2CC=C(C(=O)O)CC2)n1)OCC1c2ccccc2-c2ccccc21. The number of benzene rings is 2. The second-order valence-corrected chi connectivity index (χ2v) is 8.39. The molecule has 35 heavy (non-hydrogen) atoms. The zero-order valence-electron chi connectivity index (χ0n) is 18.8. The minimum absolute atomic E-state index is 0.0585. The molecule has 8 nitrogen and oxygen atoms in total. The van der Waals surface area contributed by atoms with E-state index in [1.165, 1.54) is 11.0 Å². The Morgan fingerprint density at radius 3 is 2.29 bits per heavy atom. The lowest BCUT2D eigenvalue weighted by Crippen LogP contribution is -2.36. The summed E-state index contributed by atoms with van der Waals surface area (Å²) in [5.41, 5.74) is 4.99. The standard InChI is InChI=1S/C27H23N3O5/c31-25(30-14-12-17(13-15-30)26(32)33)23-10-5-11-24(28-23)29-27(34)35-16-22-20-8-3-1-6-18(20)19-7-2-4-9-21(19)22/h1-12,22H,13-16H2,(H,32,33)(H,28,29,34). The Morgan fingerprint density at radius 1 is 0.971 bits per heavy atom. The van der Waals surface area contributed by atoms with Gasteiger partial charge in [-0.05, 0) is 40.8 Å². The molecule has 176 valence electrons. The first-order valence-electron chi connectivity index (χ1n) is 11.3. The highest BCUT2D eigenvalue weighted by Crippen LogP contribution is 2.44. The quantitative estimate of drug-likeness (QED) is 0.577. The molecule has 1 aliphatic carbocycles. The van der Waals surface area contributed by atoms with Crippen molar-refractivity contribution in [3.63, 3.8) is 0 Å². The number of aliphatic carboxylic acids is 1. The highest BCUT2D eigenvalue weighted by Gasteiger charge is 2.29. The second kappa shape index (κ2) is 9.42. The van der Waals surface area contributed by atoms with Gasteiger partial charge >= 0.3 is 12.1 Å². The van der Waals surface area contributed by atoms with Crippen molar-refractivity contribution in [2.45, 2.75) is 12.3 Å². The van der Waals surface area contributed by atoms with Crippen LogP contribution in [0.5, 0.6) is 0 Å². The Balaban J connectivity index is 1.23. The number of nitrogens with zero attached hydrogens (tertiary/aromatic N) is 2. The van der Waals surface area contributed by atoms with Gasteiger partial charge in [0.05, 0.1) is 0 Å². The number of carbonyl (C=O) groups is 3. The molecule has 2 N–H and O–H groups in total. The number of ether oxygens (including phenoxy) is 1. The van der Waals surface area contributed by atoms with E-state index in [1.807, 2.05) is 36.4 Å². The molecule has 0 unspecified atom stereocenters. The van der Waals surface area contributed by atoms with Crippen LogP contribution in [-0.4, -0.2) is 52.7 Å². The van der Waals surface area contributed by atoms with Gasteiger partial charge in [0.2, 0.25) is 0 Å². The van der Waals surface area contributed by atoms with Crippen molar-refractivity contribution in [2.75, 3.05) is 25.0 Å². The van der Waals surface area contributed by atoms with Gasteiger partial charge in [-0.15, -0.1) is 0 Å². The first-order chi connectivity index (χ1) is 17.0. The fraction of sp³-hybridized carbons (Fsp3) is 0.185. The lowest BCUT2D eigenvalue weighted by Gasteiger charge is -2.25. The highest BCUT2D eigenvalue weighted by atomic mass is 16.5. The topological polar surface area (TPSA) is 109 Å². The molecule has 2 heterocycles. The van der Waals surface area contributed by atoms with Crippen molar-refractivity contribution in [3.05, 3.63) is 95.2 Å². The largest absolute Gasteiger partial charge is 0.478 e. The summed E-state index contributed by atoms with van der Waals surface area (Å²) in [5, 5.41) is 11.7. The smallest absolute Gasteiger partial charge is 0.412 e. The first-order valence-corrected chi connectivity index (χ1v) is 11.3. The number of carboxylic acid groups (broad SMARTS) is 1. The molecule has 0 atom stereocenters. The lowest BCUT2D eigenvalue weighted by molar-refractivity contribution is -0.133. The molecule has 2 aromatic carbocycles. The molecule has 3 aromatic rings.